The van der Waals surface area contributed by atoms with Gasteiger partial charge in [-0.3, -0.25) is 34.5 Å². The van der Waals surface area contributed by atoms with E-state index in [2.05, 4.69) is 43.6 Å². The van der Waals surface area contributed by atoms with Gasteiger partial charge in [0.1, 0.15) is 17.2 Å². The van der Waals surface area contributed by atoms with E-state index in [0.29, 0.717) is 85.6 Å². The fourth-order valence-electron chi connectivity index (χ4n) is 11.5. The fourth-order valence-corrected chi connectivity index (χ4v) is 12.4. The number of esters is 1. The van der Waals surface area contributed by atoms with Gasteiger partial charge in [0.2, 0.25) is 17.7 Å². The van der Waals surface area contributed by atoms with Gasteiger partial charge in [0.15, 0.2) is 10.8 Å². The molecule has 4 amide bonds. The summed E-state index contributed by atoms with van der Waals surface area (Å²) in [6.07, 6.45) is 6.79. The first-order valence-electron chi connectivity index (χ1n) is 27.0. The van der Waals surface area contributed by atoms with E-state index in [1.54, 1.807) is 0 Å². The minimum Gasteiger partial charge on any atom is -0.490 e. The first-order valence-corrected chi connectivity index (χ1v) is 27.8. The Labute approximate surface area is 452 Å². The zero-order valence-corrected chi connectivity index (χ0v) is 45.2. The monoisotopic (exact) mass is 1060 g/mol. The molecule has 2 saturated heterocycles. The molecule has 2 N–H and O–H groups in total. The first kappa shape index (κ1) is 51.4. The van der Waals surface area contributed by atoms with E-state index in [1.165, 1.54) is 11.3 Å². The highest BCUT2D eigenvalue weighted by Crippen LogP contribution is 2.37. The molecule has 1 saturated carbocycles. The maximum atomic E-state index is 14.0. The normalized spacial score (nSPS) is 19.0. The van der Waals surface area contributed by atoms with Crippen LogP contribution >= 0.6 is 11.3 Å². The Bertz CT molecular complexity index is 3400. The molecule has 3 aromatic heterocycles. The second-order valence-corrected chi connectivity index (χ2v) is 23.0. The Morgan fingerprint density at radius 3 is 2.38 bits per heavy atom. The number of benzene rings is 4. The van der Waals surface area contributed by atoms with E-state index < -0.39 is 17.5 Å². The largest absolute Gasteiger partial charge is 0.490 e. The molecule has 17 heteroatoms. The lowest BCUT2D eigenvalue weighted by Crippen LogP contribution is -2.48. The van der Waals surface area contributed by atoms with Gasteiger partial charge in [0, 0.05) is 81.4 Å². The average Bonchev–Trinajstić information content (AvgIpc) is 4.02. The van der Waals surface area contributed by atoms with E-state index in [1.807, 2.05) is 117 Å². The number of hydrogen-bond donors (Lipinski definition) is 2. The molecule has 6 heterocycles. The number of piperidine rings is 1. The Kier molecular flexibility index (Phi) is 14.3. The van der Waals surface area contributed by atoms with E-state index in [4.69, 9.17) is 19.6 Å². The van der Waals surface area contributed by atoms with Crippen LogP contribution in [0.15, 0.2) is 91.0 Å². The maximum Gasteiger partial charge on any atom is 0.358 e. The number of rotatable bonds is 12. The molecule has 0 spiro atoms. The van der Waals surface area contributed by atoms with Crippen LogP contribution in [0.4, 0.5) is 16.6 Å². The van der Waals surface area contributed by atoms with Crippen molar-refractivity contribution in [3.8, 4) is 16.9 Å². The van der Waals surface area contributed by atoms with Crippen molar-refractivity contribution in [3.05, 3.63) is 125 Å². The Balaban J connectivity index is 0.683. The summed E-state index contributed by atoms with van der Waals surface area (Å²) in [7, 11) is 1.88. The molecule has 4 aliphatic rings. The van der Waals surface area contributed by atoms with Gasteiger partial charge in [0.25, 0.3) is 5.91 Å². The molecule has 16 nitrogen and oxygen atoms in total. The van der Waals surface area contributed by atoms with E-state index in [-0.39, 0.29) is 35.4 Å². The fraction of sp³-hybridized carbons (Fsp3) is 0.400. The molecule has 4 aromatic carbocycles. The maximum absolute atomic E-state index is 14.0. The van der Waals surface area contributed by atoms with Gasteiger partial charge < -0.3 is 24.2 Å². The number of piperazine rings is 1. The van der Waals surface area contributed by atoms with Crippen molar-refractivity contribution in [2.75, 3.05) is 47.8 Å². The number of nitrogens with zero attached hydrogens (tertiary/aromatic N) is 7. The summed E-state index contributed by atoms with van der Waals surface area (Å²) >= 11 is 1.44. The summed E-state index contributed by atoms with van der Waals surface area (Å²) < 4.78 is 15.4. The molecule has 1 atom stereocenters. The molecule has 3 fully saturated rings. The molecule has 7 aromatic rings. The minimum absolute atomic E-state index is 0.0712. The van der Waals surface area contributed by atoms with Crippen LogP contribution in [-0.2, 0) is 39.1 Å². The minimum atomic E-state index is -0.741. The van der Waals surface area contributed by atoms with Gasteiger partial charge in [0.05, 0.1) is 33.4 Å². The van der Waals surface area contributed by atoms with Crippen LogP contribution in [-0.4, -0.2) is 98.7 Å². The number of aryl methyl sites for hydroxylation is 2. The second kappa shape index (κ2) is 21.4. The van der Waals surface area contributed by atoms with E-state index in [9.17, 15) is 24.0 Å². The lowest BCUT2D eigenvalue weighted by atomic mass is 9.84. The Morgan fingerprint density at radius 2 is 1.61 bits per heavy atom. The van der Waals surface area contributed by atoms with Crippen molar-refractivity contribution in [1.29, 1.82) is 0 Å². The van der Waals surface area contributed by atoms with Gasteiger partial charge in [-0.05, 0) is 161 Å². The summed E-state index contributed by atoms with van der Waals surface area (Å²) in [6, 6.07) is 29.8. The first-order chi connectivity index (χ1) is 37.1. The molecule has 77 heavy (non-hydrogen) atoms. The Morgan fingerprint density at radius 1 is 0.818 bits per heavy atom. The predicted molar refractivity (Wildman–Crippen MR) is 299 cm³/mol. The summed E-state index contributed by atoms with van der Waals surface area (Å²) in [4.78, 5) is 81.7. The third kappa shape index (κ3) is 11.1. The number of aromatic nitrogens is 4. The molecule has 3 aliphatic heterocycles. The summed E-state index contributed by atoms with van der Waals surface area (Å²) in [5, 5.41) is 11.6. The zero-order valence-electron chi connectivity index (χ0n) is 44.4. The van der Waals surface area contributed by atoms with Gasteiger partial charge in [-0.15, -0.1) is 0 Å². The van der Waals surface area contributed by atoms with Crippen LogP contribution in [0.1, 0.15) is 121 Å². The van der Waals surface area contributed by atoms with Crippen molar-refractivity contribution in [1.82, 2.24) is 30.0 Å². The van der Waals surface area contributed by atoms with Gasteiger partial charge in [-0.1, -0.05) is 41.7 Å². The number of nitrogens with one attached hydrogen (secondary N) is 2. The number of hydrogen-bond acceptors (Lipinski definition) is 13. The number of carbonyl (C=O) groups is 5. The smallest absolute Gasteiger partial charge is 0.358 e. The number of amides is 4. The highest BCUT2D eigenvalue weighted by molar-refractivity contribution is 7.22. The Hall–Kier alpha value is -7.66. The SMILES string of the molecule is Cc1cc(O[C@H]2CC[C@H](CCC(=O)N3CCN(c4ccc5c(C6CCC(=O)NC6=O)nn(C)c5c4)CC3)CC2)ccc1-c1ccc(N2CCc3cccc(C(=O)Nc4nc5ccccc5s4)c3C2)nc1C(=O)OC(C)(C)C. The van der Waals surface area contributed by atoms with Gasteiger partial charge >= 0.3 is 5.97 Å². The predicted octanol–water partition coefficient (Wildman–Crippen LogP) is 9.91. The third-order valence-electron chi connectivity index (χ3n) is 15.6. The number of anilines is 3. The van der Waals surface area contributed by atoms with Crippen molar-refractivity contribution < 1.29 is 33.4 Å². The van der Waals surface area contributed by atoms with E-state index in [0.717, 1.165) is 100 Å². The van der Waals surface area contributed by atoms with Crippen LogP contribution in [0.25, 0.3) is 32.2 Å². The number of para-hydroxylation sites is 1. The molecule has 1 unspecified atom stereocenters. The number of pyridine rings is 1. The molecule has 0 bridgehead atoms. The second-order valence-electron chi connectivity index (χ2n) is 22.0. The van der Waals surface area contributed by atoms with Crippen LogP contribution in [0.5, 0.6) is 5.75 Å². The third-order valence-corrected chi connectivity index (χ3v) is 16.6. The average molecular weight is 1060 g/mol. The van der Waals surface area contributed by atoms with Gasteiger partial charge in [-0.2, -0.15) is 5.10 Å². The lowest BCUT2D eigenvalue weighted by Gasteiger charge is -2.36. The standard InChI is InChI=1S/C60H65N9O7S/c1-36-33-41(75-40-17-13-37(14-18-40)15-26-53(71)68-31-29-67(30-32-68)39-16-20-45-49(34-39)66(5)65-54(45)46-23-25-52(70)63-57(46)73)19-21-42(36)43-22-24-51(62-55(43)58(74)76-60(2,3)4)69-28-27-38-9-8-10-44(47(38)35-69)56(72)64-59-61-48-11-6-7-12-50(48)77-59/h6-12,16,19-22,24,33-34,37,40,46H,13-15,17-18,23,25-32,35H2,1-5H3,(H,61,64,72)(H,63,70,73)/t37-,40-,46?. The van der Waals surface area contributed by atoms with Crippen LogP contribution in [0.3, 0.4) is 0 Å². The number of imide groups is 1. The number of ether oxygens (including phenoxy) is 2. The quantitative estimate of drug-likeness (QED) is 0.0875. The number of carbonyl (C=O) groups excluding carboxylic acids is 5. The van der Waals surface area contributed by atoms with Gasteiger partial charge in [-0.25, -0.2) is 14.8 Å². The van der Waals surface area contributed by atoms with Crippen molar-refractivity contribution in [3.63, 3.8) is 0 Å². The molecule has 1 aliphatic carbocycles. The van der Waals surface area contributed by atoms with Crippen molar-refractivity contribution in [2.45, 2.75) is 110 Å². The van der Waals surface area contributed by atoms with Crippen LogP contribution < -0.4 is 25.2 Å². The molecule has 398 valence electrons. The zero-order chi connectivity index (χ0) is 53.5. The van der Waals surface area contributed by atoms with Crippen molar-refractivity contribution >= 4 is 78.7 Å². The summed E-state index contributed by atoms with van der Waals surface area (Å²) in [5.74, 6) is 0.387. The van der Waals surface area contributed by atoms with Crippen LogP contribution in [0.2, 0.25) is 0 Å². The van der Waals surface area contributed by atoms with E-state index >= 15 is 0 Å². The topological polar surface area (TPSA) is 181 Å². The van der Waals surface area contributed by atoms with Crippen molar-refractivity contribution in [2.24, 2.45) is 13.0 Å². The molecular formula is C60H65N9O7S. The highest BCUT2D eigenvalue weighted by atomic mass is 32.1. The highest BCUT2D eigenvalue weighted by Gasteiger charge is 2.33. The van der Waals surface area contributed by atoms with Crippen LogP contribution in [0, 0.1) is 12.8 Å². The molecular weight excluding hydrogens is 991 g/mol. The molecule has 0 radical (unpaired) electrons. The summed E-state index contributed by atoms with van der Waals surface area (Å²) in [5.41, 5.74) is 8.11. The molecule has 11 rings (SSSR count). The lowest BCUT2D eigenvalue weighted by molar-refractivity contribution is -0.134. The number of thiazole rings is 1. The number of fused-ring (bicyclic) bond motifs is 3. The summed E-state index contributed by atoms with van der Waals surface area (Å²) in [6.45, 7) is 11.5.